The first-order chi connectivity index (χ1) is 17.4. The summed E-state index contributed by atoms with van der Waals surface area (Å²) in [5.41, 5.74) is 0.847. The molecule has 4 aromatic rings. The van der Waals surface area contributed by atoms with Gasteiger partial charge in [0.25, 0.3) is 0 Å². The highest BCUT2D eigenvalue weighted by atomic mass is 35.5. The number of aromatic hydroxyl groups is 1. The predicted molar refractivity (Wildman–Crippen MR) is 144 cm³/mol. The van der Waals surface area contributed by atoms with E-state index in [0.717, 1.165) is 10.8 Å². The normalized spacial score (nSPS) is 13.5. The molecule has 1 aromatic heterocycles. The van der Waals surface area contributed by atoms with Crippen LogP contribution in [0.15, 0.2) is 55.1 Å². The lowest BCUT2D eigenvalue weighted by atomic mass is 9.96. The lowest BCUT2D eigenvalue weighted by Gasteiger charge is -2.35. The van der Waals surface area contributed by atoms with Crippen LogP contribution < -0.4 is 4.90 Å². The average Bonchev–Trinajstić information content (AvgIpc) is 2.89. The van der Waals surface area contributed by atoms with Crippen LogP contribution in [0.5, 0.6) is 5.75 Å². The first-order valence-electron chi connectivity index (χ1n) is 11.9. The van der Waals surface area contributed by atoms with E-state index in [2.05, 4.69) is 16.5 Å². The summed E-state index contributed by atoms with van der Waals surface area (Å²) in [5, 5.41) is 12.5. The number of phenolic OH excluding ortho intramolecular Hbond substituents is 1. The van der Waals surface area contributed by atoms with Gasteiger partial charge in [-0.15, -0.1) is 0 Å². The van der Waals surface area contributed by atoms with Crippen molar-refractivity contribution in [3.8, 4) is 16.9 Å². The number of amides is 1. The molecule has 1 amide bonds. The van der Waals surface area contributed by atoms with Crippen molar-refractivity contribution < 1.29 is 14.3 Å². The molecule has 0 spiro atoms. The van der Waals surface area contributed by atoms with Gasteiger partial charge in [0, 0.05) is 37.1 Å². The summed E-state index contributed by atoms with van der Waals surface area (Å²) in [7, 11) is 0. The van der Waals surface area contributed by atoms with E-state index in [0.29, 0.717) is 48.8 Å². The fourth-order valence-corrected chi connectivity index (χ4v) is 4.84. The molecule has 0 radical (unpaired) electrons. The van der Waals surface area contributed by atoms with Crippen molar-refractivity contribution >= 4 is 45.0 Å². The molecule has 36 heavy (non-hydrogen) atoms. The largest absolute Gasteiger partial charge is 0.508 e. The zero-order chi connectivity index (χ0) is 26.0. The minimum Gasteiger partial charge on any atom is -0.508 e. The van der Waals surface area contributed by atoms with E-state index in [4.69, 9.17) is 11.6 Å². The van der Waals surface area contributed by atoms with Crippen LogP contribution in [0.25, 0.3) is 32.8 Å². The van der Waals surface area contributed by atoms with E-state index < -0.39 is 5.82 Å². The maximum atomic E-state index is 16.1. The Labute approximate surface area is 214 Å². The number of aryl methyl sites for hydroxylation is 1. The zero-order valence-electron chi connectivity index (χ0n) is 20.6. The Balaban J connectivity index is 0.00000148. The van der Waals surface area contributed by atoms with Crippen molar-refractivity contribution in [1.82, 2.24) is 14.9 Å². The highest BCUT2D eigenvalue weighted by Crippen LogP contribution is 2.42. The number of hydrogen-bond acceptors (Lipinski definition) is 5. The quantitative estimate of drug-likeness (QED) is 0.339. The fraction of sp³-hybridized carbons (Fsp3) is 0.250. The van der Waals surface area contributed by atoms with Crippen molar-refractivity contribution in [3.63, 3.8) is 0 Å². The van der Waals surface area contributed by atoms with Gasteiger partial charge in [0.2, 0.25) is 5.91 Å². The molecule has 8 heteroatoms. The van der Waals surface area contributed by atoms with E-state index in [9.17, 15) is 9.90 Å². The van der Waals surface area contributed by atoms with Gasteiger partial charge in [-0.2, -0.15) is 0 Å². The van der Waals surface area contributed by atoms with Gasteiger partial charge in [-0.1, -0.05) is 56.3 Å². The van der Waals surface area contributed by atoms with Gasteiger partial charge in [0.15, 0.2) is 5.82 Å². The third-order valence-corrected chi connectivity index (χ3v) is 6.45. The number of carbonyl (C=O) groups excluding carboxylic acids is 1. The number of phenols is 1. The summed E-state index contributed by atoms with van der Waals surface area (Å²) < 4.78 is 16.1. The van der Waals surface area contributed by atoms with Gasteiger partial charge in [0.05, 0.1) is 5.02 Å². The number of benzene rings is 3. The Hall–Kier alpha value is -3.71. The summed E-state index contributed by atoms with van der Waals surface area (Å²) in [6, 6.07) is 12.3. The van der Waals surface area contributed by atoms with E-state index in [1.807, 2.05) is 43.0 Å². The summed E-state index contributed by atoms with van der Waals surface area (Å²) in [6.07, 6.45) is 1.31. The molecule has 1 aliphatic rings. The van der Waals surface area contributed by atoms with Crippen LogP contribution in [-0.2, 0) is 4.79 Å². The Morgan fingerprint density at radius 3 is 2.47 bits per heavy atom. The first kappa shape index (κ1) is 25.4. The van der Waals surface area contributed by atoms with E-state index >= 15 is 4.39 Å². The molecule has 0 saturated carbocycles. The third-order valence-electron chi connectivity index (χ3n) is 6.16. The summed E-state index contributed by atoms with van der Waals surface area (Å²) in [4.78, 5) is 24.7. The zero-order valence-corrected chi connectivity index (χ0v) is 21.3. The lowest BCUT2D eigenvalue weighted by molar-refractivity contribution is -0.126. The van der Waals surface area contributed by atoms with Gasteiger partial charge in [-0.3, -0.25) is 4.79 Å². The highest BCUT2D eigenvalue weighted by molar-refractivity contribution is 6.35. The van der Waals surface area contributed by atoms with E-state index in [-0.39, 0.29) is 27.8 Å². The number of hydrogen-bond donors (Lipinski definition) is 1. The number of nitrogens with zero attached hydrogens (tertiary/aromatic N) is 4. The first-order valence-corrected chi connectivity index (χ1v) is 12.3. The molecular formula is C28H28ClFN4O2. The smallest absolute Gasteiger partial charge is 0.246 e. The number of piperazine rings is 1. The van der Waals surface area contributed by atoms with E-state index in [1.54, 1.807) is 24.0 Å². The van der Waals surface area contributed by atoms with Crippen LogP contribution in [0.2, 0.25) is 5.02 Å². The molecule has 0 bridgehead atoms. The maximum absolute atomic E-state index is 16.1. The van der Waals surface area contributed by atoms with Crippen LogP contribution in [0.1, 0.15) is 19.7 Å². The molecule has 6 nitrogen and oxygen atoms in total. The SMILES string of the molecule is C=CC(=O)N1CCN(c2nc(C)nc3c(F)c(-c4cc(O)cc5ccccc45)c(Cl)cc23)CC1.CC. The number of rotatable bonds is 3. The molecule has 0 unspecified atom stereocenters. The second-order valence-electron chi connectivity index (χ2n) is 8.27. The van der Waals surface area contributed by atoms with Crippen LogP contribution in [0.3, 0.4) is 0 Å². The van der Waals surface area contributed by atoms with Gasteiger partial charge in [-0.25, -0.2) is 14.4 Å². The molecule has 1 saturated heterocycles. The topological polar surface area (TPSA) is 69.6 Å². The Kier molecular flexibility index (Phi) is 7.40. The molecule has 1 N–H and O–H groups in total. The monoisotopic (exact) mass is 506 g/mol. The van der Waals surface area contributed by atoms with Crippen molar-refractivity contribution in [2.75, 3.05) is 31.1 Å². The van der Waals surface area contributed by atoms with Gasteiger partial charge < -0.3 is 14.9 Å². The molecule has 1 aliphatic heterocycles. The van der Waals surface area contributed by atoms with Crippen molar-refractivity contribution in [2.45, 2.75) is 20.8 Å². The second-order valence-corrected chi connectivity index (χ2v) is 8.68. The van der Waals surface area contributed by atoms with Crippen molar-refractivity contribution in [2.24, 2.45) is 0 Å². The van der Waals surface area contributed by atoms with Crippen LogP contribution in [0, 0.1) is 12.7 Å². The Morgan fingerprint density at radius 1 is 1.08 bits per heavy atom. The van der Waals surface area contributed by atoms with Crippen LogP contribution in [-0.4, -0.2) is 52.1 Å². The molecular weight excluding hydrogens is 479 g/mol. The number of aromatic nitrogens is 2. The Bertz CT molecular complexity index is 1470. The molecule has 2 heterocycles. The van der Waals surface area contributed by atoms with Gasteiger partial charge >= 0.3 is 0 Å². The summed E-state index contributed by atoms with van der Waals surface area (Å²) in [5.74, 6) is 0.364. The summed E-state index contributed by atoms with van der Waals surface area (Å²) >= 11 is 6.67. The molecule has 186 valence electrons. The molecule has 5 rings (SSSR count). The Morgan fingerprint density at radius 2 is 1.78 bits per heavy atom. The predicted octanol–water partition coefficient (Wildman–Crippen LogP) is 6.12. The van der Waals surface area contributed by atoms with Crippen LogP contribution in [0.4, 0.5) is 10.2 Å². The molecule has 1 fully saturated rings. The minimum atomic E-state index is -0.564. The minimum absolute atomic E-state index is 0.0239. The maximum Gasteiger partial charge on any atom is 0.246 e. The number of anilines is 1. The molecule has 3 aromatic carbocycles. The van der Waals surface area contributed by atoms with Crippen LogP contribution >= 0.6 is 11.6 Å². The third kappa shape index (κ3) is 4.58. The lowest BCUT2D eigenvalue weighted by Crippen LogP contribution is -2.48. The fourth-order valence-electron chi connectivity index (χ4n) is 4.55. The van der Waals surface area contributed by atoms with Gasteiger partial charge in [-0.05, 0) is 47.5 Å². The molecule has 0 aliphatic carbocycles. The number of fused-ring (bicyclic) bond motifs is 2. The number of halogens is 2. The van der Waals surface area contributed by atoms with Gasteiger partial charge in [0.1, 0.15) is 22.9 Å². The number of carbonyl (C=O) groups is 1. The second kappa shape index (κ2) is 10.5. The van der Waals surface area contributed by atoms with E-state index in [1.165, 1.54) is 12.1 Å². The van der Waals surface area contributed by atoms with Crippen molar-refractivity contribution in [3.05, 3.63) is 71.8 Å². The highest BCUT2D eigenvalue weighted by Gasteiger charge is 2.25. The summed E-state index contributed by atoms with van der Waals surface area (Å²) in [6.45, 7) is 11.4. The molecule has 0 atom stereocenters. The standard InChI is InChI=1S/C26H22ClFN4O2.C2H6/c1-3-22(34)31-8-10-32(11-9-31)26-20-14-21(27)23(24(28)25(20)29-15(2)30-26)19-13-17(33)12-16-6-4-5-7-18(16)19;1-2/h3-7,12-14,33H,1,8-11H2,2H3;1-2H3. The van der Waals surface area contributed by atoms with Crippen molar-refractivity contribution in [1.29, 1.82) is 0 Å². The average molecular weight is 507 g/mol.